The van der Waals surface area contributed by atoms with Crippen LogP contribution in [-0.2, 0) is 0 Å². The molecule has 1 saturated heterocycles. The fourth-order valence-electron chi connectivity index (χ4n) is 1.27. The highest BCUT2D eigenvalue weighted by Crippen LogP contribution is 1.83. The molecule has 0 aromatic carbocycles. The highest BCUT2D eigenvalue weighted by atomic mass is 15.4. The van der Waals surface area contributed by atoms with E-state index in [0.717, 1.165) is 52.4 Å². The van der Waals surface area contributed by atoms with Crippen molar-refractivity contribution in [1.82, 2.24) is 21.0 Å². The Hall–Kier alpha value is -0.200. The second-order valence-corrected chi connectivity index (χ2v) is 3.24. The van der Waals surface area contributed by atoms with Crippen molar-refractivity contribution < 1.29 is 0 Å². The van der Waals surface area contributed by atoms with Crippen LogP contribution in [0.4, 0.5) is 0 Å². The summed E-state index contributed by atoms with van der Waals surface area (Å²) < 4.78 is 0. The van der Waals surface area contributed by atoms with Crippen molar-refractivity contribution in [1.29, 1.82) is 0 Å². The lowest BCUT2D eigenvalue weighted by Crippen LogP contribution is -2.39. The minimum atomic E-state index is 0.807. The summed E-state index contributed by atoms with van der Waals surface area (Å²) in [4.78, 5) is 0. The minimum Gasteiger partial charge on any atom is -0.610 e. The van der Waals surface area contributed by atoms with Gasteiger partial charge in [-0.1, -0.05) is 0 Å². The molecule has 4 N–H and O–H groups in total. The first-order valence-corrected chi connectivity index (χ1v) is 4.98. The molecule has 1 fully saturated rings. The lowest BCUT2D eigenvalue weighted by molar-refractivity contribution is 0.362. The molecule has 0 aliphatic carbocycles. The van der Waals surface area contributed by atoms with E-state index in [2.05, 4.69) is 16.0 Å². The summed E-state index contributed by atoms with van der Waals surface area (Å²) in [5, 5.41) is 11.5. The van der Waals surface area contributed by atoms with Crippen LogP contribution in [0.1, 0.15) is 0 Å². The molecule has 0 saturated carbocycles. The van der Waals surface area contributed by atoms with E-state index in [0.29, 0.717) is 0 Å². The zero-order chi connectivity index (χ0) is 9.36. The van der Waals surface area contributed by atoms with Crippen LogP contribution in [-0.4, -0.2) is 57.4 Å². The monoisotopic (exact) mass is 186 g/mol. The van der Waals surface area contributed by atoms with Gasteiger partial charge in [-0.2, -0.15) is 0 Å². The Morgan fingerprint density at radius 2 is 1.08 bits per heavy atom. The van der Waals surface area contributed by atoms with Crippen molar-refractivity contribution in [3.63, 3.8) is 0 Å². The summed E-state index contributed by atoms with van der Waals surface area (Å²) in [5.74, 6) is 7.54. The van der Waals surface area contributed by atoms with Crippen molar-refractivity contribution in [3.05, 3.63) is 5.84 Å². The van der Waals surface area contributed by atoms with Gasteiger partial charge >= 0.3 is 0 Å². The van der Waals surface area contributed by atoms with Gasteiger partial charge in [0.05, 0.1) is 0 Å². The molecule has 0 aromatic heterocycles. The number of rotatable bonds is 0. The van der Waals surface area contributed by atoms with Gasteiger partial charge in [0.1, 0.15) is 0 Å². The average molecular weight is 186 g/mol. The molecule has 5 nitrogen and oxygen atoms in total. The van der Waals surface area contributed by atoms with Gasteiger partial charge < -0.3 is 26.8 Å². The largest absolute Gasteiger partial charge is 0.610 e. The van der Waals surface area contributed by atoms with Crippen molar-refractivity contribution in [2.75, 3.05) is 52.4 Å². The molecule has 13 heavy (non-hydrogen) atoms. The summed E-state index contributed by atoms with van der Waals surface area (Å²) in [5.41, 5.74) is 0. The van der Waals surface area contributed by atoms with Gasteiger partial charge in [0, 0.05) is 39.3 Å². The highest BCUT2D eigenvalue weighted by Gasteiger charge is 1.94. The molecule has 1 aliphatic heterocycles. The van der Waals surface area contributed by atoms with E-state index in [-0.39, 0.29) is 0 Å². The van der Waals surface area contributed by atoms with Crippen molar-refractivity contribution in [3.8, 4) is 0 Å². The zero-order valence-corrected chi connectivity index (χ0v) is 8.10. The van der Waals surface area contributed by atoms with Crippen LogP contribution < -0.4 is 16.0 Å². The Morgan fingerprint density at radius 3 is 1.54 bits per heavy atom. The molecular weight excluding hydrogens is 166 g/mol. The van der Waals surface area contributed by atoms with E-state index in [1.165, 1.54) is 0 Å². The van der Waals surface area contributed by atoms with Gasteiger partial charge in [-0.3, -0.25) is 0 Å². The molecule has 78 valence electrons. The second-order valence-electron chi connectivity index (χ2n) is 3.24. The molecule has 0 spiro atoms. The topological polar surface area (TPSA) is 63.1 Å². The lowest BCUT2D eigenvalue weighted by Gasteiger charge is -2.27. The molecule has 1 aliphatic rings. The van der Waals surface area contributed by atoms with E-state index in [9.17, 15) is 0 Å². The smallest absolute Gasteiger partial charge is 0.00772 e. The van der Waals surface area contributed by atoms with Crippen LogP contribution in [0.3, 0.4) is 0 Å². The minimum absolute atomic E-state index is 0.807. The van der Waals surface area contributed by atoms with Crippen LogP contribution in [0, 0.1) is 0 Å². The second kappa shape index (κ2) is 7.23. The predicted octanol–water partition coefficient (Wildman–Crippen LogP) is -0.962. The van der Waals surface area contributed by atoms with Crippen molar-refractivity contribution in [2.45, 2.75) is 0 Å². The fraction of sp³-hybridized carbons (Fsp3) is 1.00. The average Bonchev–Trinajstić information content (AvgIpc) is 2.11. The maximum absolute atomic E-state index is 7.54. The Labute approximate surface area is 80.0 Å². The van der Waals surface area contributed by atoms with Crippen LogP contribution in [0.2, 0.25) is 0 Å². The molecule has 0 amide bonds. The standard InChI is InChI=1S/C8H20N5/c9-13-7-5-11-3-1-10-2-4-12-6-8-13/h9-12H,1-8H2/q-1. The maximum atomic E-state index is 7.54. The summed E-state index contributed by atoms with van der Waals surface area (Å²) in [7, 11) is 0. The maximum Gasteiger partial charge on any atom is 0.00772 e. The molecule has 0 aromatic rings. The van der Waals surface area contributed by atoms with Crippen molar-refractivity contribution in [2.24, 2.45) is 0 Å². The Balaban J connectivity index is 2.11. The summed E-state index contributed by atoms with van der Waals surface area (Å²) in [6.07, 6.45) is 0. The summed E-state index contributed by atoms with van der Waals surface area (Å²) in [6, 6.07) is 0. The van der Waals surface area contributed by atoms with Crippen LogP contribution >= 0.6 is 0 Å². The molecule has 0 bridgehead atoms. The molecule has 1 heterocycles. The summed E-state index contributed by atoms with van der Waals surface area (Å²) in [6.45, 7) is 7.45. The Kier molecular flexibility index (Phi) is 6.05. The molecule has 0 radical (unpaired) electrons. The van der Waals surface area contributed by atoms with E-state index < -0.39 is 0 Å². The third kappa shape index (κ3) is 5.95. The van der Waals surface area contributed by atoms with Crippen LogP contribution in [0.25, 0.3) is 5.84 Å². The first-order valence-electron chi connectivity index (χ1n) is 4.98. The van der Waals surface area contributed by atoms with Gasteiger partial charge in [-0.15, -0.1) is 0 Å². The van der Waals surface area contributed by atoms with Gasteiger partial charge in [-0.05, 0) is 13.1 Å². The predicted molar refractivity (Wildman–Crippen MR) is 54.5 cm³/mol. The summed E-state index contributed by atoms with van der Waals surface area (Å²) >= 11 is 0. The SMILES string of the molecule is [NH-]N1CCNCCNCCNCC1. The molecule has 1 rings (SSSR count). The van der Waals surface area contributed by atoms with Gasteiger partial charge in [-0.25, -0.2) is 0 Å². The van der Waals surface area contributed by atoms with E-state index in [1.807, 2.05) is 0 Å². The third-order valence-electron chi connectivity index (χ3n) is 2.07. The Bertz CT molecular complexity index is 107. The van der Waals surface area contributed by atoms with Crippen LogP contribution in [0.5, 0.6) is 0 Å². The molecule has 0 atom stereocenters. The number of hydrogen-bond donors (Lipinski definition) is 3. The molecule has 5 heteroatoms. The number of nitrogens with zero attached hydrogens (tertiary/aromatic N) is 1. The van der Waals surface area contributed by atoms with Gasteiger partial charge in [0.2, 0.25) is 0 Å². The van der Waals surface area contributed by atoms with E-state index in [1.54, 1.807) is 5.01 Å². The molecule has 0 unspecified atom stereocenters. The van der Waals surface area contributed by atoms with E-state index in [4.69, 9.17) is 5.84 Å². The highest BCUT2D eigenvalue weighted by molar-refractivity contribution is 4.64. The fourth-order valence-corrected chi connectivity index (χ4v) is 1.27. The van der Waals surface area contributed by atoms with Gasteiger partial charge in [0.15, 0.2) is 0 Å². The normalized spacial score (nSPS) is 24.7. The Morgan fingerprint density at radius 1 is 0.692 bits per heavy atom. The number of nitrogens with one attached hydrogen (secondary N) is 4. The first-order chi connectivity index (χ1) is 6.39. The zero-order valence-electron chi connectivity index (χ0n) is 8.10. The van der Waals surface area contributed by atoms with Crippen LogP contribution in [0.15, 0.2) is 0 Å². The lowest BCUT2D eigenvalue weighted by atomic mass is 10.4. The quantitative estimate of drug-likeness (QED) is 0.456. The number of hydrogen-bond acceptors (Lipinski definition) is 4. The van der Waals surface area contributed by atoms with Crippen molar-refractivity contribution >= 4 is 0 Å². The first kappa shape index (κ1) is 10.9. The third-order valence-corrected chi connectivity index (χ3v) is 2.07. The van der Waals surface area contributed by atoms with Gasteiger partial charge in [0.25, 0.3) is 0 Å². The molecular formula is C8H20N5-. The van der Waals surface area contributed by atoms with E-state index >= 15 is 0 Å².